The van der Waals surface area contributed by atoms with Gasteiger partial charge in [-0.2, -0.15) is 13.2 Å². The molecule has 0 N–H and O–H groups in total. The number of aliphatic carboxylic acids is 1. The van der Waals surface area contributed by atoms with E-state index in [1.165, 1.54) is 0 Å². The van der Waals surface area contributed by atoms with E-state index in [-0.39, 0.29) is 0 Å². The van der Waals surface area contributed by atoms with Crippen LogP contribution in [0.2, 0.25) is 0 Å². The van der Waals surface area contributed by atoms with Gasteiger partial charge in [-0.25, -0.2) is 4.79 Å². The van der Waals surface area contributed by atoms with Gasteiger partial charge in [-0.05, 0) is 32.9 Å². The second-order valence-corrected chi connectivity index (χ2v) is 4.46. The van der Waals surface area contributed by atoms with Crippen LogP contribution in [-0.2, 0) is 9.59 Å². The third-order valence-electron chi connectivity index (χ3n) is 2.36. The summed E-state index contributed by atoms with van der Waals surface area (Å²) in [5.74, 6) is -3.05. The average Bonchev–Trinajstić information content (AvgIpc) is 2.37. The van der Waals surface area contributed by atoms with Crippen LogP contribution in [0.1, 0.15) is 18.1 Å². The smallest absolute Gasteiger partial charge is 0.430 e. The fraction of sp³-hybridized carbons (Fsp3) is 0.286. The van der Waals surface area contributed by atoms with E-state index in [2.05, 4.69) is 11.6 Å². The molecule has 1 rings (SSSR count). The summed E-state index contributed by atoms with van der Waals surface area (Å²) in [5, 5.41) is 17.5. The number of hydrogen-bond donors (Lipinski definition) is 0. The number of carboxylic acid groups (broad SMARTS) is 1. The van der Waals surface area contributed by atoms with Gasteiger partial charge in [0.2, 0.25) is 5.39 Å². The summed E-state index contributed by atoms with van der Waals surface area (Å²) in [5.41, 5.74) is 2.32. The van der Waals surface area contributed by atoms with E-state index in [0.29, 0.717) is 17.0 Å². The minimum Gasteiger partial charge on any atom is -0.542 e. The van der Waals surface area contributed by atoms with Crippen LogP contribution >= 0.6 is 0 Å². The number of ether oxygens (including phenoxy) is 1. The fourth-order valence-electron chi connectivity index (χ4n) is 1.33. The topological polar surface area (TPSA) is 94.6 Å². The Hall–Kier alpha value is -2.89. The van der Waals surface area contributed by atoms with Crippen molar-refractivity contribution in [3.63, 3.8) is 0 Å². The molecule has 1 aromatic rings. The highest BCUT2D eigenvalue weighted by atomic mass is 19.4. The molecule has 0 spiro atoms. The van der Waals surface area contributed by atoms with Crippen molar-refractivity contribution in [2.75, 3.05) is 0 Å². The second kappa shape index (κ2) is 7.93. The quantitative estimate of drug-likeness (QED) is 0.359. The van der Waals surface area contributed by atoms with E-state index in [0.717, 1.165) is 11.1 Å². The number of hydrogen-bond acceptors (Lipinski definition) is 5. The molecule has 1 aromatic carbocycles. The van der Waals surface area contributed by atoms with Crippen LogP contribution in [0.15, 0.2) is 24.3 Å². The SMILES string of the molecule is C=C(C)C(=O)Oc1cc(C)c([N+]#N)c(C)c1.O=C([O-])C(F)(F)F. The Kier molecular flexibility index (Phi) is 6.94. The lowest BCUT2D eigenvalue weighted by Gasteiger charge is -2.04. The maximum Gasteiger partial charge on any atom is 0.430 e. The summed E-state index contributed by atoms with van der Waals surface area (Å²) < 4.78 is 36.6. The van der Waals surface area contributed by atoms with Crippen molar-refractivity contribution < 1.29 is 32.6 Å². The molecule has 0 aliphatic rings. The van der Waals surface area contributed by atoms with E-state index >= 15 is 0 Å². The molecule has 23 heavy (non-hydrogen) atoms. The molecule has 6 nitrogen and oxygen atoms in total. The van der Waals surface area contributed by atoms with Crippen LogP contribution in [0.25, 0.3) is 4.98 Å². The average molecular weight is 330 g/mol. The number of halogens is 3. The first kappa shape index (κ1) is 20.1. The molecule has 124 valence electrons. The molecule has 0 radical (unpaired) electrons. The first-order valence-electron chi connectivity index (χ1n) is 6.02. The van der Waals surface area contributed by atoms with Crippen molar-refractivity contribution in [1.82, 2.24) is 0 Å². The Balaban J connectivity index is 0.000000585. The molecule has 0 unspecified atom stereocenters. The monoisotopic (exact) mass is 330 g/mol. The lowest BCUT2D eigenvalue weighted by atomic mass is 10.1. The van der Waals surface area contributed by atoms with Crippen LogP contribution in [0, 0.1) is 19.2 Å². The number of aryl methyl sites for hydroxylation is 2. The number of benzene rings is 1. The van der Waals surface area contributed by atoms with E-state index in [1.807, 2.05) is 0 Å². The van der Waals surface area contributed by atoms with E-state index in [4.69, 9.17) is 20.0 Å². The molecule has 0 aliphatic carbocycles. The number of alkyl halides is 3. The van der Waals surface area contributed by atoms with Gasteiger partial charge in [0.15, 0.2) is 4.98 Å². The van der Waals surface area contributed by atoms with Crippen LogP contribution in [-0.4, -0.2) is 18.1 Å². The van der Waals surface area contributed by atoms with Crippen LogP contribution in [0.3, 0.4) is 0 Å². The fourth-order valence-corrected chi connectivity index (χ4v) is 1.33. The number of carbonyl (C=O) groups is 2. The van der Waals surface area contributed by atoms with Crippen molar-refractivity contribution in [2.24, 2.45) is 0 Å². The molecule has 0 amide bonds. The Labute approximate surface area is 129 Å². The van der Waals surface area contributed by atoms with Crippen molar-refractivity contribution in [1.29, 1.82) is 5.39 Å². The molecule has 0 fully saturated rings. The molecule has 0 atom stereocenters. The maximum absolute atomic E-state index is 11.3. The third-order valence-corrected chi connectivity index (χ3v) is 2.36. The first-order chi connectivity index (χ1) is 10.4. The van der Waals surface area contributed by atoms with Crippen molar-refractivity contribution in [3.8, 4) is 5.75 Å². The Morgan fingerprint density at radius 1 is 1.26 bits per heavy atom. The molecule has 0 heterocycles. The number of esters is 1. The minimum atomic E-state index is -5.19. The summed E-state index contributed by atoms with van der Waals surface area (Å²) in [7, 11) is 0. The maximum atomic E-state index is 11.3. The van der Waals surface area contributed by atoms with Crippen molar-refractivity contribution >= 4 is 17.6 Å². The summed E-state index contributed by atoms with van der Waals surface area (Å²) in [4.78, 5) is 23.2. The summed E-state index contributed by atoms with van der Waals surface area (Å²) in [6.45, 7) is 8.64. The number of carboxylic acids is 1. The van der Waals surface area contributed by atoms with Gasteiger partial charge < -0.3 is 14.6 Å². The highest BCUT2D eigenvalue weighted by Gasteiger charge is 2.28. The molecule has 0 aromatic heterocycles. The van der Waals surface area contributed by atoms with Gasteiger partial charge in [-0.1, -0.05) is 6.58 Å². The van der Waals surface area contributed by atoms with Gasteiger partial charge >= 0.3 is 17.8 Å². The Morgan fingerprint density at radius 2 is 1.65 bits per heavy atom. The molecule has 0 bridgehead atoms. The van der Waals surface area contributed by atoms with Crippen molar-refractivity contribution in [3.05, 3.63) is 40.4 Å². The number of carbonyl (C=O) groups excluding carboxylic acids is 2. The molecule has 9 heteroatoms. The lowest BCUT2D eigenvalue weighted by Crippen LogP contribution is -2.37. The minimum absolute atomic E-state index is 0.339. The molecular formula is C14H13F3N2O4. The normalized spacial score (nSPS) is 9.96. The van der Waals surface area contributed by atoms with E-state index in [1.54, 1.807) is 32.9 Å². The predicted octanol–water partition coefficient (Wildman–Crippen LogP) is 2.57. The zero-order valence-corrected chi connectivity index (χ0v) is 12.5. The van der Waals surface area contributed by atoms with Crippen LogP contribution < -0.4 is 9.84 Å². The van der Waals surface area contributed by atoms with Crippen molar-refractivity contribution in [2.45, 2.75) is 26.9 Å². The number of nitrogens with zero attached hydrogens (tertiary/aromatic N) is 2. The van der Waals surface area contributed by atoms with Gasteiger partial charge in [0.25, 0.3) is 0 Å². The van der Waals surface area contributed by atoms with Crippen LogP contribution in [0.4, 0.5) is 18.9 Å². The molecule has 0 saturated heterocycles. The Morgan fingerprint density at radius 3 is 1.91 bits per heavy atom. The largest absolute Gasteiger partial charge is 0.542 e. The van der Waals surface area contributed by atoms with E-state index in [9.17, 15) is 18.0 Å². The highest BCUT2D eigenvalue weighted by Crippen LogP contribution is 2.28. The molecule has 0 saturated carbocycles. The molecule has 0 aliphatic heterocycles. The summed E-state index contributed by atoms with van der Waals surface area (Å²) in [6, 6.07) is 3.28. The van der Waals surface area contributed by atoms with Gasteiger partial charge in [0.1, 0.15) is 11.7 Å². The zero-order valence-electron chi connectivity index (χ0n) is 12.5. The van der Waals surface area contributed by atoms with Gasteiger partial charge in [0, 0.05) is 16.7 Å². The summed E-state index contributed by atoms with van der Waals surface area (Å²) >= 11 is 0. The van der Waals surface area contributed by atoms with Gasteiger partial charge in [0.05, 0.1) is 0 Å². The number of diazo groups is 1. The zero-order chi connectivity index (χ0) is 18.4. The first-order valence-corrected chi connectivity index (χ1v) is 6.02. The van der Waals surface area contributed by atoms with Crippen LogP contribution in [0.5, 0.6) is 5.75 Å². The standard InChI is InChI=1S/C12H13N2O2.C2HF3O2/c1-7(2)12(15)16-10-5-8(3)11(14-13)9(4)6-10;3-2(4,5)1(6)7/h5-6H,1H2,2-4H3;(H,6,7)/q+1;/p-1. The molecular weight excluding hydrogens is 317 g/mol. The predicted molar refractivity (Wildman–Crippen MR) is 72.2 cm³/mol. The number of rotatable bonds is 2. The van der Waals surface area contributed by atoms with E-state index < -0.39 is 18.1 Å². The second-order valence-electron chi connectivity index (χ2n) is 4.46. The Bertz CT molecular complexity index is 653. The van der Waals surface area contributed by atoms with Gasteiger partial charge in [-0.3, -0.25) is 0 Å². The third kappa shape index (κ3) is 6.60. The summed E-state index contributed by atoms with van der Waals surface area (Å²) in [6.07, 6.45) is -5.19. The lowest BCUT2D eigenvalue weighted by molar-refractivity contribution is -0.344. The highest BCUT2D eigenvalue weighted by molar-refractivity contribution is 5.88. The van der Waals surface area contributed by atoms with Gasteiger partial charge in [-0.15, -0.1) is 0 Å².